The maximum absolute atomic E-state index is 11.5. The average molecular weight is 217 g/mol. The summed E-state index contributed by atoms with van der Waals surface area (Å²) in [7, 11) is 0. The van der Waals surface area contributed by atoms with Crippen LogP contribution in [0.3, 0.4) is 0 Å². The van der Waals surface area contributed by atoms with E-state index < -0.39 is 0 Å². The SMILES string of the molecule is Cc1nc(NC(=O)Nc2ccccc2)n[nH]1. The highest BCUT2D eigenvalue weighted by Crippen LogP contribution is 2.05. The smallest absolute Gasteiger partial charge is 0.308 e. The molecule has 0 radical (unpaired) electrons. The van der Waals surface area contributed by atoms with Crippen LogP contribution in [0.2, 0.25) is 0 Å². The fourth-order valence-corrected chi connectivity index (χ4v) is 1.18. The van der Waals surface area contributed by atoms with Gasteiger partial charge in [0, 0.05) is 5.69 Å². The molecule has 0 aliphatic rings. The van der Waals surface area contributed by atoms with Crippen molar-refractivity contribution in [3.63, 3.8) is 0 Å². The van der Waals surface area contributed by atoms with Gasteiger partial charge >= 0.3 is 6.03 Å². The molecule has 0 saturated heterocycles. The molecule has 2 rings (SSSR count). The van der Waals surface area contributed by atoms with Crippen molar-refractivity contribution in [1.29, 1.82) is 0 Å². The Kier molecular flexibility index (Phi) is 2.81. The van der Waals surface area contributed by atoms with Crippen molar-refractivity contribution in [3.8, 4) is 0 Å². The second-order valence-corrected chi connectivity index (χ2v) is 3.19. The first kappa shape index (κ1) is 10.2. The van der Waals surface area contributed by atoms with Gasteiger partial charge in [-0.15, -0.1) is 5.10 Å². The van der Waals surface area contributed by atoms with Crippen molar-refractivity contribution in [1.82, 2.24) is 15.2 Å². The number of amides is 2. The monoisotopic (exact) mass is 217 g/mol. The number of carbonyl (C=O) groups is 1. The van der Waals surface area contributed by atoms with Crippen LogP contribution in [0.1, 0.15) is 5.82 Å². The van der Waals surface area contributed by atoms with E-state index >= 15 is 0 Å². The number of H-pyrrole nitrogens is 1. The van der Waals surface area contributed by atoms with Gasteiger partial charge in [-0.2, -0.15) is 4.98 Å². The lowest BCUT2D eigenvalue weighted by atomic mass is 10.3. The molecule has 0 fully saturated rings. The van der Waals surface area contributed by atoms with Crippen LogP contribution >= 0.6 is 0 Å². The van der Waals surface area contributed by atoms with E-state index in [1.807, 2.05) is 18.2 Å². The van der Waals surface area contributed by atoms with Crippen molar-refractivity contribution < 1.29 is 4.79 Å². The molecule has 1 heterocycles. The summed E-state index contributed by atoms with van der Waals surface area (Å²) in [5.74, 6) is 0.904. The van der Waals surface area contributed by atoms with Gasteiger partial charge in [0.05, 0.1) is 0 Å². The number of nitrogens with one attached hydrogen (secondary N) is 3. The Morgan fingerprint density at radius 2 is 2.00 bits per heavy atom. The van der Waals surface area contributed by atoms with E-state index in [9.17, 15) is 4.79 Å². The Labute approximate surface area is 92.1 Å². The number of carbonyl (C=O) groups excluding carboxylic acids is 1. The number of benzene rings is 1. The van der Waals surface area contributed by atoms with Crippen LogP contribution in [0.5, 0.6) is 0 Å². The molecule has 0 spiro atoms. The maximum atomic E-state index is 11.5. The van der Waals surface area contributed by atoms with E-state index in [0.29, 0.717) is 11.5 Å². The lowest BCUT2D eigenvalue weighted by Gasteiger charge is -2.03. The number of rotatable bonds is 2. The summed E-state index contributed by atoms with van der Waals surface area (Å²) in [6.45, 7) is 1.76. The minimum atomic E-state index is -0.370. The first-order chi connectivity index (χ1) is 7.74. The first-order valence-electron chi connectivity index (χ1n) is 4.76. The highest BCUT2D eigenvalue weighted by molar-refractivity contribution is 5.98. The third kappa shape index (κ3) is 2.57. The number of nitrogens with zero attached hydrogens (tertiary/aromatic N) is 2. The molecular formula is C10H11N5O. The number of para-hydroxylation sites is 1. The number of aromatic amines is 1. The number of hydrogen-bond acceptors (Lipinski definition) is 3. The molecule has 2 amide bonds. The van der Waals surface area contributed by atoms with Crippen LogP contribution in [0.15, 0.2) is 30.3 Å². The van der Waals surface area contributed by atoms with E-state index in [-0.39, 0.29) is 12.0 Å². The Morgan fingerprint density at radius 3 is 2.62 bits per heavy atom. The Hall–Kier alpha value is -2.37. The maximum Gasteiger partial charge on any atom is 0.326 e. The molecule has 82 valence electrons. The highest BCUT2D eigenvalue weighted by atomic mass is 16.2. The molecule has 0 atom stereocenters. The summed E-state index contributed by atoms with van der Waals surface area (Å²) < 4.78 is 0. The molecule has 1 aromatic heterocycles. The zero-order chi connectivity index (χ0) is 11.4. The van der Waals surface area contributed by atoms with E-state index in [4.69, 9.17) is 0 Å². The third-order valence-electron chi connectivity index (χ3n) is 1.85. The molecule has 0 unspecified atom stereocenters. The van der Waals surface area contributed by atoms with Gasteiger partial charge in [-0.05, 0) is 19.1 Å². The van der Waals surface area contributed by atoms with Gasteiger partial charge in [-0.25, -0.2) is 4.79 Å². The Bertz CT molecular complexity index is 479. The molecule has 16 heavy (non-hydrogen) atoms. The van der Waals surface area contributed by atoms with Gasteiger partial charge in [0.25, 0.3) is 0 Å². The molecular weight excluding hydrogens is 206 g/mol. The number of hydrogen-bond donors (Lipinski definition) is 3. The standard InChI is InChI=1S/C10H11N5O/c1-7-11-9(15-14-7)13-10(16)12-8-5-3-2-4-6-8/h2-6H,1H3,(H3,11,12,13,14,15,16). The summed E-state index contributed by atoms with van der Waals surface area (Å²) in [6, 6.07) is 8.78. The predicted octanol–water partition coefficient (Wildman–Crippen LogP) is 1.76. The first-order valence-corrected chi connectivity index (χ1v) is 4.76. The highest BCUT2D eigenvalue weighted by Gasteiger charge is 2.05. The second kappa shape index (κ2) is 4.43. The topological polar surface area (TPSA) is 82.7 Å². The van der Waals surface area contributed by atoms with Crippen LogP contribution in [0.4, 0.5) is 16.4 Å². The van der Waals surface area contributed by atoms with Gasteiger partial charge in [0.2, 0.25) is 5.95 Å². The Morgan fingerprint density at radius 1 is 1.25 bits per heavy atom. The zero-order valence-electron chi connectivity index (χ0n) is 8.69. The van der Waals surface area contributed by atoms with Gasteiger partial charge in [-0.3, -0.25) is 10.4 Å². The molecule has 0 aliphatic carbocycles. The van der Waals surface area contributed by atoms with E-state index in [0.717, 1.165) is 0 Å². The normalized spacial score (nSPS) is 9.81. The molecule has 2 aromatic rings. The van der Waals surface area contributed by atoms with Gasteiger partial charge in [-0.1, -0.05) is 18.2 Å². The quantitative estimate of drug-likeness (QED) is 0.716. The molecule has 0 bridgehead atoms. The number of anilines is 2. The fraction of sp³-hybridized carbons (Fsp3) is 0.100. The minimum Gasteiger partial charge on any atom is -0.308 e. The molecule has 0 aliphatic heterocycles. The summed E-state index contributed by atoms with van der Waals surface area (Å²) in [6.07, 6.45) is 0. The average Bonchev–Trinajstić information content (AvgIpc) is 2.65. The minimum absolute atomic E-state index is 0.255. The summed E-state index contributed by atoms with van der Waals surface area (Å²) in [5.41, 5.74) is 0.715. The number of aryl methyl sites for hydroxylation is 1. The summed E-state index contributed by atoms with van der Waals surface area (Å²) >= 11 is 0. The lowest BCUT2D eigenvalue weighted by Crippen LogP contribution is -2.20. The lowest BCUT2D eigenvalue weighted by molar-refractivity contribution is 0.262. The van der Waals surface area contributed by atoms with Gasteiger partial charge in [0.15, 0.2) is 0 Å². The summed E-state index contributed by atoms with van der Waals surface area (Å²) in [5, 5.41) is 11.6. The summed E-state index contributed by atoms with van der Waals surface area (Å²) in [4.78, 5) is 15.4. The van der Waals surface area contributed by atoms with Crippen LogP contribution in [0, 0.1) is 6.92 Å². The van der Waals surface area contributed by atoms with Crippen molar-refractivity contribution in [2.45, 2.75) is 6.92 Å². The Balaban J connectivity index is 1.95. The van der Waals surface area contributed by atoms with E-state index in [1.165, 1.54) is 0 Å². The molecule has 1 aromatic carbocycles. The van der Waals surface area contributed by atoms with Crippen molar-refractivity contribution in [3.05, 3.63) is 36.2 Å². The van der Waals surface area contributed by atoms with Gasteiger partial charge < -0.3 is 5.32 Å². The third-order valence-corrected chi connectivity index (χ3v) is 1.85. The fourth-order valence-electron chi connectivity index (χ4n) is 1.18. The largest absolute Gasteiger partial charge is 0.326 e. The van der Waals surface area contributed by atoms with Crippen molar-refractivity contribution in [2.75, 3.05) is 10.6 Å². The number of aromatic nitrogens is 3. The molecule has 6 heteroatoms. The van der Waals surface area contributed by atoms with Gasteiger partial charge in [0.1, 0.15) is 5.82 Å². The van der Waals surface area contributed by atoms with Crippen molar-refractivity contribution in [2.24, 2.45) is 0 Å². The molecule has 0 saturated carbocycles. The zero-order valence-corrected chi connectivity index (χ0v) is 8.69. The van der Waals surface area contributed by atoms with Crippen molar-refractivity contribution >= 4 is 17.7 Å². The van der Waals surface area contributed by atoms with Crippen LogP contribution in [0.25, 0.3) is 0 Å². The second-order valence-electron chi connectivity index (χ2n) is 3.19. The number of urea groups is 1. The van der Waals surface area contributed by atoms with E-state index in [1.54, 1.807) is 19.1 Å². The molecule has 3 N–H and O–H groups in total. The molecule has 6 nitrogen and oxygen atoms in total. The van der Waals surface area contributed by atoms with Crippen LogP contribution in [-0.4, -0.2) is 21.2 Å². The van der Waals surface area contributed by atoms with E-state index in [2.05, 4.69) is 25.8 Å². The van der Waals surface area contributed by atoms with Crippen LogP contribution < -0.4 is 10.6 Å². The van der Waals surface area contributed by atoms with Crippen LogP contribution in [-0.2, 0) is 0 Å². The predicted molar refractivity (Wildman–Crippen MR) is 60.2 cm³/mol.